The summed E-state index contributed by atoms with van der Waals surface area (Å²) in [7, 11) is 2.75. The lowest BCUT2D eigenvalue weighted by atomic mass is 9.93. The molecule has 7 aliphatic rings. The second kappa shape index (κ2) is 28.7. The predicted molar refractivity (Wildman–Crippen MR) is 375 cm³/mol. The maximum atomic E-state index is 14.3. The third kappa shape index (κ3) is 14.5. The number of pyridine rings is 2. The van der Waals surface area contributed by atoms with Crippen LogP contribution in [0.25, 0.3) is 43.2 Å². The number of carboxylic acid groups (broad SMARTS) is 1. The van der Waals surface area contributed by atoms with Crippen LogP contribution in [0.4, 0.5) is 0 Å². The highest BCUT2D eigenvalue weighted by Crippen LogP contribution is 2.50. The molecule has 522 valence electrons. The van der Waals surface area contributed by atoms with Gasteiger partial charge in [0.15, 0.2) is 0 Å². The SMILES string of the molecule is COc1ccc2c(O[C@@H]3C[C@H]4C(=O)N[C@]5(C(=O)NS(=O)(=O)C6CC6)C[C@H]5/C=C\CCCCN(C)C(=O)[C@@H]4C3)cc(-c3nc(C(C)C)cs3)nc2c1Cl.COc1ccc2c(O[C@@H]3C[C@H]4C(=O)N[C@]5(C(=O)O)C[C@H]5/C=C\CCCCN(C)C(=O)[C@@H]4C3)cc(-c3nc(C(C)C)cs3)nc2c1Cl. The van der Waals surface area contributed by atoms with Crippen molar-refractivity contribution in [3.05, 3.63) is 92.9 Å². The predicted octanol–water partition coefficient (Wildman–Crippen LogP) is 11.7. The number of methoxy groups -OCH3 is 2. The fraction of sp³-hybridized carbons (Fsp3) is 0.521. The van der Waals surface area contributed by atoms with Gasteiger partial charge in [0.05, 0.1) is 65.6 Å². The first-order valence-electron chi connectivity index (χ1n) is 33.7. The third-order valence-corrected chi connectivity index (χ3v) is 24.5. The first-order valence-corrected chi connectivity index (χ1v) is 37.8. The van der Waals surface area contributed by atoms with Gasteiger partial charge in [0.25, 0.3) is 5.91 Å². The van der Waals surface area contributed by atoms with Crippen molar-refractivity contribution in [1.82, 2.24) is 45.1 Å². The molecule has 5 aliphatic carbocycles. The number of halogens is 2. The van der Waals surface area contributed by atoms with Crippen LogP contribution in [-0.2, 0) is 38.8 Å². The molecule has 5 saturated carbocycles. The molecule has 4 aromatic heterocycles. The normalized spacial score (nSPS) is 27.4. The van der Waals surface area contributed by atoms with Gasteiger partial charge in [-0.2, -0.15) is 0 Å². The number of thiazole rings is 2. The topological polar surface area (TPSA) is 288 Å². The highest BCUT2D eigenvalue weighted by atomic mass is 35.5. The van der Waals surface area contributed by atoms with Crippen LogP contribution < -0.4 is 34.3 Å². The van der Waals surface area contributed by atoms with Gasteiger partial charge in [-0.3, -0.25) is 28.7 Å². The Morgan fingerprint density at radius 1 is 0.633 bits per heavy atom. The number of allylic oxidation sites excluding steroid dienone is 2. The molecule has 0 radical (unpaired) electrons. The second-order valence-corrected chi connectivity index (χ2v) is 32.1. The van der Waals surface area contributed by atoms with Crippen LogP contribution >= 0.6 is 45.9 Å². The molecule has 22 nitrogen and oxygen atoms in total. The van der Waals surface area contributed by atoms with Crippen molar-refractivity contribution in [1.29, 1.82) is 0 Å². The van der Waals surface area contributed by atoms with Gasteiger partial charge in [0.2, 0.25) is 33.7 Å². The number of hydrogen-bond acceptors (Lipinski definition) is 18. The lowest BCUT2D eigenvalue weighted by Gasteiger charge is -2.26. The molecule has 10 atom stereocenters. The van der Waals surface area contributed by atoms with E-state index in [1.165, 1.54) is 29.8 Å². The molecule has 6 aromatic rings. The van der Waals surface area contributed by atoms with E-state index in [-0.39, 0.29) is 61.2 Å². The zero-order chi connectivity index (χ0) is 69.7. The van der Waals surface area contributed by atoms with Crippen LogP contribution in [0.1, 0.15) is 141 Å². The number of amides is 5. The Morgan fingerprint density at radius 2 is 1.06 bits per heavy atom. The molecule has 0 bridgehead atoms. The number of carboxylic acids is 1. The zero-order valence-corrected chi connectivity index (χ0v) is 60.1. The summed E-state index contributed by atoms with van der Waals surface area (Å²) < 4.78 is 52.1. The Labute approximate surface area is 588 Å². The van der Waals surface area contributed by atoms with Crippen LogP contribution in [0, 0.1) is 35.5 Å². The van der Waals surface area contributed by atoms with E-state index in [1.54, 1.807) is 43.1 Å². The molecule has 98 heavy (non-hydrogen) atoms. The number of carbonyl (C=O) groups excluding carboxylic acids is 5. The van der Waals surface area contributed by atoms with Crippen molar-refractivity contribution in [3.8, 4) is 44.4 Å². The summed E-state index contributed by atoms with van der Waals surface area (Å²) in [6.07, 6.45) is 14.2. The van der Waals surface area contributed by atoms with Gasteiger partial charge in [-0.15, -0.1) is 22.7 Å². The average molecular weight is 1440 g/mol. The molecule has 2 aliphatic heterocycles. The number of benzene rings is 2. The number of sulfonamides is 1. The minimum Gasteiger partial charge on any atom is -0.495 e. The zero-order valence-electron chi connectivity index (χ0n) is 56.1. The number of nitrogens with zero attached hydrogens (tertiary/aromatic N) is 6. The maximum absolute atomic E-state index is 14.3. The highest BCUT2D eigenvalue weighted by molar-refractivity contribution is 7.91. The molecule has 0 saturated heterocycles. The lowest BCUT2D eigenvalue weighted by molar-refractivity contribution is -0.145. The molecule has 5 amide bonds. The van der Waals surface area contributed by atoms with Crippen LogP contribution in [0.3, 0.4) is 0 Å². The standard InChI is InChI=1S/C37H44ClN5O7S2.C34H39ClN4O6S/c1-20(2)28-19-51-34(40-28)27-17-30(24-12-13-29(49-4)31(38)32(24)39-27)50-22-15-25-26(16-22)35(45)43(3)14-8-6-5-7-9-21-18-37(21,41-33(25)44)36(46)42-52(47,48)23-10-11-23;1-18(2)25-17-46-31(37-25)24-15-27(21-10-11-26(44-4)28(35)29(21)36-24)45-20-13-22-23(14-20)32(41)39(3)12-8-6-5-7-9-19-16-34(19,33(42)43)38-30(22)40/h7,9,12-13,17,19-23,25-26H,5-6,8,10-11,14-16,18H2,1-4H3,(H,41,44)(H,42,46);7,9-11,15,17-20,22-23H,5-6,8,12-14,16H2,1-4H3,(H,38,40)(H,42,43)/b2*9-7-/t21-,22-,25-,26-,37-;19-,20-,22-,23-,34-/m11/s1. The Hall–Kier alpha value is -7.45. The summed E-state index contributed by atoms with van der Waals surface area (Å²) in [5.41, 5.74) is 1.28. The van der Waals surface area contributed by atoms with Crippen molar-refractivity contribution in [3.63, 3.8) is 0 Å². The molecule has 0 unspecified atom stereocenters. The Bertz CT molecular complexity index is 4290. The minimum atomic E-state index is -3.84. The molecule has 2 aromatic carbocycles. The number of aliphatic carboxylic acids is 1. The summed E-state index contributed by atoms with van der Waals surface area (Å²) in [6, 6.07) is 10.8. The monoisotopic (exact) mass is 1440 g/mol. The van der Waals surface area contributed by atoms with Crippen LogP contribution in [0.2, 0.25) is 10.0 Å². The van der Waals surface area contributed by atoms with Crippen LogP contribution in [0.5, 0.6) is 23.0 Å². The summed E-state index contributed by atoms with van der Waals surface area (Å²) in [5, 5.41) is 22.7. The third-order valence-electron chi connectivity index (χ3n) is 20.2. The first kappa shape index (κ1) is 70.4. The Kier molecular flexibility index (Phi) is 20.6. The molecular formula is C71H83Cl2N9O13S3. The van der Waals surface area contributed by atoms with Crippen molar-refractivity contribution < 1.29 is 61.2 Å². The second-order valence-electron chi connectivity index (χ2n) is 27.7. The molecule has 13 rings (SSSR count). The van der Waals surface area contributed by atoms with Crippen molar-refractivity contribution in [2.75, 3.05) is 41.4 Å². The summed E-state index contributed by atoms with van der Waals surface area (Å²) >= 11 is 16.5. The Balaban J connectivity index is 0.000000188. The number of aromatic nitrogens is 4. The van der Waals surface area contributed by atoms with Gasteiger partial charge in [0.1, 0.15) is 77.7 Å². The summed E-state index contributed by atoms with van der Waals surface area (Å²) in [5.74, 6) is -4.14. The molecule has 6 heterocycles. The number of hydrogen-bond donors (Lipinski definition) is 4. The molecule has 0 spiro atoms. The number of fused-ring (bicyclic) bond motifs is 6. The Morgan fingerprint density at radius 3 is 1.48 bits per heavy atom. The van der Waals surface area contributed by atoms with Crippen LogP contribution in [-0.4, -0.2) is 149 Å². The first-order chi connectivity index (χ1) is 46.8. The van der Waals surface area contributed by atoms with E-state index in [2.05, 4.69) is 43.1 Å². The summed E-state index contributed by atoms with van der Waals surface area (Å²) in [6.45, 7) is 9.43. The van der Waals surface area contributed by atoms with Gasteiger partial charge in [-0.25, -0.2) is 33.1 Å². The number of ether oxygens (including phenoxy) is 4. The fourth-order valence-corrected chi connectivity index (χ4v) is 17.7. The van der Waals surface area contributed by atoms with E-state index < -0.39 is 85.9 Å². The van der Waals surface area contributed by atoms with Crippen molar-refractivity contribution >= 4 is 113 Å². The fourth-order valence-electron chi connectivity index (χ4n) is 13.9. The quantitative estimate of drug-likeness (QED) is 0.0737. The minimum absolute atomic E-state index is 0.132. The molecule has 4 N–H and O–H groups in total. The van der Waals surface area contributed by atoms with E-state index in [0.29, 0.717) is 110 Å². The molecular weight excluding hydrogens is 1350 g/mol. The van der Waals surface area contributed by atoms with Gasteiger partial charge in [-0.05, 0) is 126 Å². The summed E-state index contributed by atoms with van der Waals surface area (Å²) in [4.78, 5) is 104. The van der Waals surface area contributed by atoms with E-state index in [9.17, 15) is 42.3 Å². The molecule has 5 fully saturated rings. The van der Waals surface area contributed by atoms with Crippen molar-refractivity contribution in [2.45, 2.75) is 158 Å². The largest absolute Gasteiger partial charge is 0.495 e. The molecule has 27 heteroatoms. The van der Waals surface area contributed by atoms with E-state index in [1.807, 2.05) is 59.3 Å². The lowest BCUT2D eigenvalue weighted by Crippen LogP contribution is -2.54. The average Bonchev–Trinajstić information content (AvgIpc) is 1.57. The van der Waals surface area contributed by atoms with E-state index >= 15 is 0 Å². The smallest absolute Gasteiger partial charge is 0.330 e. The van der Waals surface area contributed by atoms with Gasteiger partial charge < -0.3 is 44.5 Å². The maximum Gasteiger partial charge on any atom is 0.330 e. The van der Waals surface area contributed by atoms with E-state index in [0.717, 1.165) is 54.9 Å². The highest BCUT2D eigenvalue weighted by Gasteiger charge is 2.63. The van der Waals surface area contributed by atoms with Gasteiger partial charge >= 0.3 is 5.97 Å². The number of carbonyl (C=O) groups is 6. The van der Waals surface area contributed by atoms with E-state index in [4.69, 9.17) is 62.1 Å². The number of nitrogens with one attached hydrogen (secondary N) is 3. The van der Waals surface area contributed by atoms with Gasteiger partial charge in [-0.1, -0.05) is 75.2 Å². The van der Waals surface area contributed by atoms with Crippen LogP contribution in [0.15, 0.2) is 71.5 Å². The van der Waals surface area contributed by atoms with Gasteiger partial charge in [0, 0.05) is 72.7 Å². The van der Waals surface area contributed by atoms with Crippen molar-refractivity contribution in [2.24, 2.45) is 35.5 Å². The number of rotatable bonds is 14.